The summed E-state index contributed by atoms with van der Waals surface area (Å²) in [4.78, 5) is 20.8. The summed E-state index contributed by atoms with van der Waals surface area (Å²) in [5.74, 6) is 2.04. The molecule has 0 N–H and O–H groups in total. The van der Waals surface area contributed by atoms with E-state index < -0.39 is 0 Å². The molecule has 1 amide bonds. The van der Waals surface area contributed by atoms with Gasteiger partial charge in [-0.3, -0.25) is 4.79 Å². The number of nitrogens with zero attached hydrogens (tertiary/aromatic N) is 4. The lowest BCUT2D eigenvalue weighted by Crippen LogP contribution is -2.41. The first-order chi connectivity index (χ1) is 11.7. The molecule has 2 aliphatic rings. The van der Waals surface area contributed by atoms with Gasteiger partial charge in [-0.2, -0.15) is 4.98 Å². The first kappa shape index (κ1) is 17.4. The van der Waals surface area contributed by atoms with Gasteiger partial charge < -0.3 is 19.1 Å². The Labute approximate surface area is 143 Å². The van der Waals surface area contributed by atoms with Crippen LogP contribution in [0.5, 0.6) is 0 Å². The van der Waals surface area contributed by atoms with Crippen LogP contribution in [-0.4, -0.2) is 64.7 Å². The number of ether oxygens (including phenoxy) is 1. The van der Waals surface area contributed by atoms with Crippen LogP contribution in [0, 0.1) is 5.92 Å². The number of hydrogen-bond acceptors (Lipinski definition) is 6. The molecule has 0 aliphatic carbocycles. The van der Waals surface area contributed by atoms with Gasteiger partial charge in [-0.25, -0.2) is 0 Å². The van der Waals surface area contributed by atoms with Crippen molar-refractivity contribution in [2.75, 3.05) is 32.8 Å². The Balaban J connectivity index is 1.55. The third kappa shape index (κ3) is 4.33. The van der Waals surface area contributed by atoms with Crippen LogP contribution < -0.4 is 0 Å². The average Bonchev–Trinajstić information content (AvgIpc) is 3.22. The number of amides is 1. The summed E-state index contributed by atoms with van der Waals surface area (Å²) < 4.78 is 10.6. The van der Waals surface area contributed by atoms with Gasteiger partial charge in [0.05, 0.1) is 6.54 Å². The van der Waals surface area contributed by atoms with Crippen molar-refractivity contribution in [3.05, 3.63) is 11.7 Å². The van der Waals surface area contributed by atoms with Gasteiger partial charge in [-0.15, -0.1) is 0 Å². The van der Waals surface area contributed by atoms with Crippen LogP contribution in [0.25, 0.3) is 0 Å². The highest BCUT2D eigenvalue weighted by Gasteiger charge is 2.31. The first-order valence-electron chi connectivity index (χ1n) is 9.04. The molecule has 0 unspecified atom stereocenters. The Morgan fingerprint density at radius 3 is 2.79 bits per heavy atom. The summed E-state index contributed by atoms with van der Waals surface area (Å²) in [6.45, 7) is 8.93. The summed E-state index contributed by atoms with van der Waals surface area (Å²) in [5.41, 5.74) is 0. The fourth-order valence-electron chi connectivity index (χ4n) is 3.67. The highest BCUT2D eigenvalue weighted by atomic mass is 16.5. The van der Waals surface area contributed by atoms with Gasteiger partial charge in [-0.1, -0.05) is 12.1 Å². The van der Waals surface area contributed by atoms with Gasteiger partial charge in [-0.05, 0) is 25.2 Å². The van der Waals surface area contributed by atoms with Crippen molar-refractivity contribution in [3.8, 4) is 0 Å². The maximum atomic E-state index is 12.1. The number of aryl methyl sites for hydroxylation is 1. The lowest BCUT2D eigenvalue weighted by Gasteiger charge is -2.29. The maximum absolute atomic E-state index is 12.1. The number of rotatable bonds is 6. The summed E-state index contributed by atoms with van der Waals surface area (Å²) in [6, 6.07) is 0.242. The molecule has 7 heteroatoms. The molecule has 1 atom stereocenters. The van der Waals surface area contributed by atoms with Crippen molar-refractivity contribution in [1.29, 1.82) is 0 Å². The Hall–Kier alpha value is -1.47. The molecule has 0 radical (unpaired) electrons. The SMILES string of the molecule is CCc1nc(CN(C(C)=O)[C@H]2CCN(CC3CCOCC3)C2)no1. The predicted molar refractivity (Wildman–Crippen MR) is 88.3 cm³/mol. The van der Waals surface area contributed by atoms with Crippen molar-refractivity contribution in [2.45, 2.75) is 52.1 Å². The molecular weight excluding hydrogens is 308 g/mol. The molecule has 7 nitrogen and oxygen atoms in total. The standard InChI is InChI=1S/C17H28N4O3/c1-3-17-18-16(19-24-17)12-21(13(2)22)15-4-7-20(11-15)10-14-5-8-23-9-6-14/h14-15H,3-12H2,1-2H3/t15-/m0/s1. The normalized spacial score (nSPS) is 22.8. The van der Waals surface area contributed by atoms with E-state index in [9.17, 15) is 4.79 Å². The van der Waals surface area contributed by atoms with Gasteiger partial charge in [0.1, 0.15) is 0 Å². The van der Waals surface area contributed by atoms with Crippen molar-refractivity contribution in [3.63, 3.8) is 0 Å². The minimum Gasteiger partial charge on any atom is -0.381 e. The fourth-order valence-corrected chi connectivity index (χ4v) is 3.67. The molecule has 1 aromatic rings. The summed E-state index contributed by atoms with van der Waals surface area (Å²) in [6.07, 6.45) is 4.04. The van der Waals surface area contributed by atoms with Crippen LogP contribution >= 0.6 is 0 Å². The molecule has 134 valence electrons. The van der Waals surface area contributed by atoms with Gasteiger partial charge in [0.25, 0.3) is 0 Å². The Morgan fingerprint density at radius 1 is 1.33 bits per heavy atom. The van der Waals surface area contributed by atoms with E-state index in [1.165, 1.54) is 0 Å². The zero-order chi connectivity index (χ0) is 16.9. The molecule has 3 heterocycles. The maximum Gasteiger partial charge on any atom is 0.226 e. The van der Waals surface area contributed by atoms with E-state index in [4.69, 9.17) is 9.26 Å². The van der Waals surface area contributed by atoms with Crippen molar-refractivity contribution >= 4 is 5.91 Å². The molecule has 1 aromatic heterocycles. The minimum atomic E-state index is 0.0794. The lowest BCUT2D eigenvalue weighted by molar-refractivity contribution is -0.131. The molecule has 0 saturated carbocycles. The van der Waals surface area contributed by atoms with Crippen LogP contribution in [0.15, 0.2) is 4.52 Å². The second-order valence-electron chi connectivity index (χ2n) is 6.86. The largest absolute Gasteiger partial charge is 0.381 e. The quantitative estimate of drug-likeness (QED) is 0.784. The number of carbonyl (C=O) groups excluding carboxylic acids is 1. The predicted octanol–water partition coefficient (Wildman–Crippen LogP) is 1.48. The van der Waals surface area contributed by atoms with E-state index >= 15 is 0 Å². The lowest BCUT2D eigenvalue weighted by atomic mass is 10.00. The molecule has 2 aliphatic heterocycles. The van der Waals surface area contributed by atoms with E-state index in [2.05, 4.69) is 15.0 Å². The molecular formula is C17H28N4O3. The van der Waals surface area contributed by atoms with E-state index in [1.807, 2.05) is 11.8 Å². The number of likely N-dealkylation sites (tertiary alicyclic amines) is 1. The number of aromatic nitrogens is 2. The minimum absolute atomic E-state index is 0.0794. The van der Waals surface area contributed by atoms with Crippen LogP contribution in [0.2, 0.25) is 0 Å². The molecule has 0 aromatic carbocycles. The molecule has 0 spiro atoms. The van der Waals surface area contributed by atoms with E-state index in [0.717, 1.165) is 64.4 Å². The fraction of sp³-hybridized carbons (Fsp3) is 0.824. The zero-order valence-electron chi connectivity index (χ0n) is 14.7. The number of hydrogen-bond donors (Lipinski definition) is 0. The molecule has 24 heavy (non-hydrogen) atoms. The smallest absolute Gasteiger partial charge is 0.226 e. The van der Waals surface area contributed by atoms with E-state index in [0.29, 0.717) is 18.3 Å². The highest BCUT2D eigenvalue weighted by Crippen LogP contribution is 2.22. The summed E-state index contributed by atoms with van der Waals surface area (Å²) in [7, 11) is 0. The zero-order valence-corrected chi connectivity index (χ0v) is 14.7. The third-order valence-corrected chi connectivity index (χ3v) is 5.07. The second-order valence-corrected chi connectivity index (χ2v) is 6.86. The first-order valence-corrected chi connectivity index (χ1v) is 9.04. The van der Waals surface area contributed by atoms with Crippen LogP contribution in [0.1, 0.15) is 44.8 Å². The molecule has 3 rings (SSSR count). The molecule has 0 bridgehead atoms. The average molecular weight is 336 g/mol. The van der Waals surface area contributed by atoms with Gasteiger partial charge >= 0.3 is 0 Å². The van der Waals surface area contributed by atoms with Crippen LogP contribution in [0.3, 0.4) is 0 Å². The van der Waals surface area contributed by atoms with E-state index in [1.54, 1.807) is 6.92 Å². The summed E-state index contributed by atoms with van der Waals surface area (Å²) in [5, 5.41) is 3.99. The second kappa shape index (κ2) is 8.07. The molecule has 2 fully saturated rings. The number of carbonyl (C=O) groups is 1. The Kier molecular flexibility index (Phi) is 5.84. The third-order valence-electron chi connectivity index (χ3n) is 5.07. The van der Waals surface area contributed by atoms with Gasteiger partial charge in [0.2, 0.25) is 11.8 Å². The summed E-state index contributed by atoms with van der Waals surface area (Å²) >= 11 is 0. The Bertz CT molecular complexity index is 542. The Morgan fingerprint density at radius 2 is 2.12 bits per heavy atom. The monoisotopic (exact) mass is 336 g/mol. The van der Waals surface area contributed by atoms with Crippen molar-refractivity contribution in [2.24, 2.45) is 5.92 Å². The highest BCUT2D eigenvalue weighted by molar-refractivity contribution is 5.73. The van der Waals surface area contributed by atoms with Gasteiger partial charge in [0.15, 0.2) is 5.82 Å². The topological polar surface area (TPSA) is 71.7 Å². The van der Waals surface area contributed by atoms with Gasteiger partial charge in [0, 0.05) is 52.2 Å². The van der Waals surface area contributed by atoms with Crippen LogP contribution in [-0.2, 0) is 22.5 Å². The van der Waals surface area contributed by atoms with Crippen molar-refractivity contribution < 1.29 is 14.1 Å². The van der Waals surface area contributed by atoms with Crippen LogP contribution in [0.4, 0.5) is 0 Å². The molecule has 2 saturated heterocycles. The van der Waals surface area contributed by atoms with Crippen molar-refractivity contribution in [1.82, 2.24) is 19.9 Å². The van der Waals surface area contributed by atoms with E-state index in [-0.39, 0.29) is 11.9 Å².